The number of aliphatic hydroxyl groups is 1. The molecule has 2 nitrogen and oxygen atoms in total. The Kier molecular flexibility index (Phi) is 4.83. The molecule has 2 N–H and O–H groups in total. The molecule has 0 spiro atoms. The summed E-state index contributed by atoms with van der Waals surface area (Å²) in [4.78, 5) is 0. The maximum Gasteiger partial charge on any atom is 0.130 e. The molecule has 90 valence electrons. The van der Waals surface area contributed by atoms with E-state index in [1.807, 2.05) is 6.92 Å². The second kappa shape index (κ2) is 5.92. The van der Waals surface area contributed by atoms with Gasteiger partial charge in [-0.2, -0.15) is 0 Å². The lowest BCUT2D eigenvalue weighted by molar-refractivity contribution is 0.228. The molecule has 0 fully saturated rings. The number of nitrogens with one attached hydrogen (secondary N) is 1. The summed E-state index contributed by atoms with van der Waals surface area (Å²) in [6, 6.07) is 3.20. The van der Waals surface area contributed by atoms with Crippen LogP contribution in [0.5, 0.6) is 0 Å². The molecular weight excluding hydrogens is 212 g/mol. The van der Waals surface area contributed by atoms with Gasteiger partial charge in [0, 0.05) is 17.6 Å². The summed E-state index contributed by atoms with van der Waals surface area (Å²) < 4.78 is 26.8. The molecule has 16 heavy (non-hydrogen) atoms. The average molecular weight is 229 g/mol. The number of aliphatic hydroxyl groups excluding tert-OH is 1. The van der Waals surface area contributed by atoms with Crippen LogP contribution in [0, 0.1) is 11.6 Å². The van der Waals surface area contributed by atoms with Crippen molar-refractivity contribution in [2.24, 2.45) is 0 Å². The van der Waals surface area contributed by atoms with Crippen LogP contribution in [0.3, 0.4) is 0 Å². The van der Waals surface area contributed by atoms with Crippen LogP contribution < -0.4 is 5.32 Å². The van der Waals surface area contributed by atoms with Crippen LogP contribution >= 0.6 is 0 Å². The fourth-order valence-corrected chi connectivity index (χ4v) is 1.66. The highest BCUT2D eigenvalue weighted by molar-refractivity contribution is 5.22. The first-order valence-electron chi connectivity index (χ1n) is 5.41. The number of rotatable bonds is 5. The molecule has 0 amide bonds. The SMILES string of the molecule is CC[C@@H](CO)NC(C)c1c(F)cccc1F. The maximum absolute atomic E-state index is 13.4. The van der Waals surface area contributed by atoms with Gasteiger partial charge in [0.05, 0.1) is 6.61 Å². The first-order valence-corrected chi connectivity index (χ1v) is 5.41. The van der Waals surface area contributed by atoms with E-state index in [0.29, 0.717) is 6.42 Å². The Morgan fingerprint density at radius 3 is 2.31 bits per heavy atom. The highest BCUT2D eigenvalue weighted by atomic mass is 19.1. The van der Waals surface area contributed by atoms with Gasteiger partial charge in [0.15, 0.2) is 0 Å². The third kappa shape index (κ3) is 3.00. The molecule has 1 rings (SSSR count). The molecule has 0 radical (unpaired) electrons. The van der Waals surface area contributed by atoms with E-state index in [1.54, 1.807) is 6.92 Å². The summed E-state index contributed by atoms with van der Waals surface area (Å²) in [6.45, 7) is 3.54. The number of halogens is 2. The Balaban J connectivity index is 2.83. The van der Waals surface area contributed by atoms with Crippen LogP contribution in [-0.2, 0) is 0 Å². The van der Waals surface area contributed by atoms with Gasteiger partial charge in [0.1, 0.15) is 11.6 Å². The molecule has 0 aliphatic carbocycles. The van der Waals surface area contributed by atoms with Crippen molar-refractivity contribution < 1.29 is 13.9 Å². The normalized spacial score (nSPS) is 14.8. The van der Waals surface area contributed by atoms with E-state index in [9.17, 15) is 8.78 Å². The van der Waals surface area contributed by atoms with Crippen molar-refractivity contribution in [3.63, 3.8) is 0 Å². The van der Waals surface area contributed by atoms with Crippen LogP contribution in [0.4, 0.5) is 8.78 Å². The fourth-order valence-electron chi connectivity index (χ4n) is 1.66. The third-order valence-electron chi connectivity index (χ3n) is 2.63. The first kappa shape index (κ1) is 13.1. The van der Waals surface area contributed by atoms with Crippen LogP contribution in [0.2, 0.25) is 0 Å². The second-order valence-electron chi connectivity index (χ2n) is 3.81. The lowest BCUT2D eigenvalue weighted by Crippen LogP contribution is -2.34. The molecule has 0 aromatic heterocycles. The summed E-state index contributed by atoms with van der Waals surface area (Å²) in [6.07, 6.45) is 0.705. The maximum atomic E-state index is 13.4. The average Bonchev–Trinajstić information content (AvgIpc) is 2.25. The minimum atomic E-state index is -0.562. The standard InChI is InChI=1S/C12H17F2NO/c1-3-9(7-16)15-8(2)12-10(13)5-4-6-11(12)14/h4-6,8-9,15-16H,3,7H2,1-2H3/t8?,9-/m0/s1. The van der Waals surface area contributed by atoms with Gasteiger partial charge in [-0.1, -0.05) is 13.0 Å². The molecule has 0 aliphatic rings. The van der Waals surface area contributed by atoms with Gasteiger partial charge in [-0.3, -0.25) is 0 Å². The summed E-state index contributed by atoms with van der Waals surface area (Å²) in [5, 5.41) is 12.0. The van der Waals surface area contributed by atoms with Gasteiger partial charge in [-0.05, 0) is 25.5 Å². The molecule has 0 bridgehead atoms. The largest absolute Gasteiger partial charge is 0.395 e. The van der Waals surface area contributed by atoms with E-state index >= 15 is 0 Å². The molecule has 1 aromatic rings. The minimum Gasteiger partial charge on any atom is -0.395 e. The van der Waals surface area contributed by atoms with Crippen molar-refractivity contribution in [1.82, 2.24) is 5.32 Å². The Bertz CT molecular complexity index is 320. The van der Waals surface area contributed by atoms with Gasteiger partial charge in [-0.25, -0.2) is 8.78 Å². The molecular formula is C12H17F2NO. The summed E-state index contributed by atoms with van der Waals surface area (Å²) in [5.74, 6) is -1.12. The molecule has 0 aliphatic heterocycles. The number of hydrogen-bond donors (Lipinski definition) is 2. The fraction of sp³-hybridized carbons (Fsp3) is 0.500. The molecule has 0 saturated carbocycles. The Hall–Kier alpha value is -1.00. The highest BCUT2D eigenvalue weighted by Crippen LogP contribution is 2.20. The minimum absolute atomic E-state index is 0.0226. The van der Waals surface area contributed by atoms with Crippen molar-refractivity contribution >= 4 is 0 Å². The van der Waals surface area contributed by atoms with Crippen molar-refractivity contribution in [2.75, 3.05) is 6.61 Å². The molecule has 1 aromatic carbocycles. The van der Waals surface area contributed by atoms with E-state index in [2.05, 4.69) is 5.32 Å². The molecule has 1 unspecified atom stereocenters. The number of hydrogen-bond acceptors (Lipinski definition) is 2. The van der Waals surface area contributed by atoms with E-state index in [4.69, 9.17) is 5.11 Å². The Morgan fingerprint density at radius 1 is 1.31 bits per heavy atom. The predicted octanol–water partition coefficient (Wildman–Crippen LogP) is 2.39. The van der Waals surface area contributed by atoms with Crippen LogP contribution in [0.15, 0.2) is 18.2 Å². The van der Waals surface area contributed by atoms with Crippen molar-refractivity contribution in [2.45, 2.75) is 32.4 Å². The quantitative estimate of drug-likeness (QED) is 0.812. The molecule has 2 atom stereocenters. The van der Waals surface area contributed by atoms with Gasteiger partial charge in [-0.15, -0.1) is 0 Å². The topological polar surface area (TPSA) is 32.3 Å². The monoisotopic (exact) mass is 229 g/mol. The zero-order chi connectivity index (χ0) is 12.1. The van der Waals surface area contributed by atoms with Gasteiger partial charge in [0.25, 0.3) is 0 Å². The zero-order valence-corrected chi connectivity index (χ0v) is 9.50. The summed E-state index contributed by atoms with van der Waals surface area (Å²) >= 11 is 0. The van der Waals surface area contributed by atoms with Crippen molar-refractivity contribution in [3.05, 3.63) is 35.4 Å². The molecule has 4 heteroatoms. The molecule has 0 heterocycles. The second-order valence-corrected chi connectivity index (χ2v) is 3.81. The Labute approximate surface area is 94.3 Å². The van der Waals surface area contributed by atoms with Gasteiger partial charge in [0.2, 0.25) is 0 Å². The predicted molar refractivity (Wildman–Crippen MR) is 59.1 cm³/mol. The van der Waals surface area contributed by atoms with Crippen LogP contribution in [-0.4, -0.2) is 17.8 Å². The summed E-state index contributed by atoms with van der Waals surface area (Å²) in [7, 11) is 0. The Morgan fingerprint density at radius 2 is 1.88 bits per heavy atom. The third-order valence-corrected chi connectivity index (χ3v) is 2.63. The smallest absolute Gasteiger partial charge is 0.130 e. The van der Waals surface area contributed by atoms with Gasteiger partial charge < -0.3 is 10.4 Å². The van der Waals surface area contributed by atoms with Crippen molar-refractivity contribution in [1.29, 1.82) is 0 Å². The van der Waals surface area contributed by atoms with Crippen LogP contribution in [0.25, 0.3) is 0 Å². The van der Waals surface area contributed by atoms with Crippen LogP contribution in [0.1, 0.15) is 31.9 Å². The summed E-state index contributed by atoms with van der Waals surface area (Å²) in [5.41, 5.74) is 0.0226. The van der Waals surface area contributed by atoms with E-state index in [1.165, 1.54) is 18.2 Å². The highest BCUT2D eigenvalue weighted by Gasteiger charge is 2.17. The zero-order valence-electron chi connectivity index (χ0n) is 9.50. The molecule has 0 saturated heterocycles. The van der Waals surface area contributed by atoms with E-state index in [0.717, 1.165) is 0 Å². The lowest BCUT2D eigenvalue weighted by atomic mass is 10.1. The van der Waals surface area contributed by atoms with E-state index < -0.39 is 17.7 Å². The van der Waals surface area contributed by atoms with E-state index in [-0.39, 0.29) is 18.2 Å². The first-order chi connectivity index (χ1) is 7.60. The lowest BCUT2D eigenvalue weighted by Gasteiger charge is -2.21. The van der Waals surface area contributed by atoms with Crippen molar-refractivity contribution in [3.8, 4) is 0 Å². The number of benzene rings is 1. The van der Waals surface area contributed by atoms with Gasteiger partial charge >= 0.3 is 0 Å².